The van der Waals surface area contributed by atoms with Crippen molar-refractivity contribution >= 4 is 117 Å². The zero-order valence-corrected chi connectivity index (χ0v) is 58.0. The Labute approximate surface area is 395 Å². The molecule has 0 saturated heterocycles. The Morgan fingerprint density at radius 2 is 0.629 bits per heavy atom. The monoisotopic (exact) mass is 1100 g/mol. The van der Waals surface area contributed by atoms with Crippen LogP contribution in [0.4, 0.5) is 0 Å². The Morgan fingerprint density at radius 1 is 0.403 bits per heavy atom. The average molecular weight is 1110 g/mol. The lowest BCUT2D eigenvalue weighted by molar-refractivity contribution is -0.154. The number of rotatable bonds is 30. The predicted molar refractivity (Wildman–Crippen MR) is 285 cm³/mol. The number of carbonyl (C=O) groups is 1. The molecule has 0 aromatic rings. The second-order valence-electron chi connectivity index (χ2n) is 22.8. The number of ether oxygens (including phenoxy) is 1. The summed E-state index contributed by atoms with van der Waals surface area (Å²) in [5, 5.41) is 0. The summed E-state index contributed by atoms with van der Waals surface area (Å²) < 4.78 is 86.5. The molecule has 0 aliphatic carbocycles. The third-order valence-electron chi connectivity index (χ3n) is 8.48. The SMILES string of the molecule is CCC(C)(C)C(=O)OCCC[Si](C)(C)O[Si](C)(C)O[Si](C)(C)O[Si](C)(C)O[Si](C)(C)O[Si](C)(C)O[Si](C)(C)O[Si](C)(C)O[Si](C)(C)O[Si](C)(C)O[Si](C)(C)O[Si](C)(C)O[Si](C)C. The van der Waals surface area contributed by atoms with Crippen LogP contribution in [0.15, 0.2) is 0 Å². The van der Waals surface area contributed by atoms with Crippen molar-refractivity contribution in [3.05, 3.63) is 0 Å². The first-order valence-electron chi connectivity index (χ1n) is 22.3. The normalized spacial score (nSPS) is 15.5. The number of hydrogen-bond donors (Lipinski definition) is 0. The maximum Gasteiger partial charge on any atom is 0.314 e. The highest BCUT2D eigenvalue weighted by molar-refractivity contribution is 6.94. The van der Waals surface area contributed by atoms with Crippen molar-refractivity contribution in [3.8, 4) is 0 Å². The molecule has 1 radical (unpaired) electrons. The molecular formula is C35H95O14Si13. The summed E-state index contributed by atoms with van der Waals surface area (Å²) in [6.07, 6.45) is 1.51. The first-order chi connectivity index (χ1) is 26.9. The van der Waals surface area contributed by atoms with Crippen molar-refractivity contribution in [2.75, 3.05) is 6.61 Å². The highest BCUT2D eigenvalue weighted by atomic mass is 28.5. The van der Waals surface area contributed by atoms with E-state index in [-0.39, 0.29) is 5.97 Å². The first kappa shape index (κ1) is 63.8. The molecule has 0 saturated carbocycles. The van der Waals surface area contributed by atoms with Gasteiger partial charge in [-0.25, -0.2) is 0 Å². The largest absolute Gasteiger partial charge is 0.465 e. The topological polar surface area (TPSA) is 137 Å². The van der Waals surface area contributed by atoms with Gasteiger partial charge < -0.3 is 54.1 Å². The second kappa shape index (κ2) is 22.7. The van der Waals surface area contributed by atoms with Crippen molar-refractivity contribution in [3.63, 3.8) is 0 Å². The molecule has 0 rings (SSSR count). The Morgan fingerprint density at radius 3 is 0.855 bits per heavy atom. The van der Waals surface area contributed by atoms with Gasteiger partial charge >= 0.3 is 100 Å². The average Bonchev–Trinajstić information content (AvgIpc) is 2.86. The molecule has 0 aliphatic heterocycles. The minimum absolute atomic E-state index is 0.147. The zero-order valence-electron chi connectivity index (χ0n) is 45.0. The number of esters is 1. The fraction of sp³-hybridized carbons (Fsp3) is 0.971. The van der Waals surface area contributed by atoms with Crippen LogP contribution in [0, 0.1) is 5.41 Å². The van der Waals surface area contributed by atoms with Gasteiger partial charge in [0.05, 0.1) is 12.0 Å². The molecule has 0 heterocycles. The van der Waals surface area contributed by atoms with Gasteiger partial charge in [-0.3, -0.25) is 4.79 Å². The van der Waals surface area contributed by atoms with Crippen LogP contribution in [0.3, 0.4) is 0 Å². The Balaban J connectivity index is 5.54. The standard InChI is InChI=1S/C35H95O14Si13/c1-30-35(2,3)34(36)37-32-31-33-51(6,7)39-53(10,11)41-55(14,15)43-57(18,19)45-59(22,23)47-61(26,27)49-62(28,29)48-60(24,25)46-58(20,21)44-56(16,17)42-54(12,13)40-52(8,9)38-50(4)5/h30-33H2,1-29H3. The lowest BCUT2D eigenvalue weighted by Gasteiger charge is -2.45. The summed E-state index contributed by atoms with van der Waals surface area (Å²) in [7, 11) is -32.4. The lowest BCUT2D eigenvalue weighted by Crippen LogP contribution is -2.62. The van der Waals surface area contributed by atoms with Gasteiger partial charge in [-0.2, -0.15) is 0 Å². The molecule has 0 aliphatic rings. The van der Waals surface area contributed by atoms with Gasteiger partial charge in [0.15, 0.2) is 17.4 Å². The fourth-order valence-corrected chi connectivity index (χ4v) is 72.3. The van der Waals surface area contributed by atoms with E-state index in [2.05, 4.69) is 170 Å². The molecular weight excluding hydrogens is 1010 g/mol. The first-order valence-corrected chi connectivity index (χ1v) is 58.8. The summed E-state index contributed by atoms with van der Waals surface area (Å²) in [5.41, 5.74) is -0.467. The molecule has 371 valence electrons. The fourth-order valence-electron chi connectivity index (χ4n) is 8.36. The predicted octanol–water partition coefficient (Wildman–Crippen LogP) is 11.7. The van der Waals surface area contributed by atoms with E-state index in [0.29, 0.717) is 6.61 Å². The smallest absolute Gasteiger partial charge is 0.314 e. The molecule has 0 bridgehead atoms. The van der Waals surface area contributed by atoms with E-state index in [1.165, 1.54) is 0 Å². The zero-order chi connectivity index (χ0) is 49.7. The van der Waals surface area contributed by atoms with Crippen LogP contribution in [0.5, 0.6) is 0 Å². The summed E-state index contributed by atoms with van der Waals surface area (Å²) >= 11 is 0. The van der Waals surface area contributed by atoms with Gasteiger partial charge in [0, 0.05) is 0 Å². The molecule has 0 N–H and O–H groups in total. The second-order valence-corrected chi connectivity index (χ2v) is 69.2. The van der Waals surface area contributed by atoms with Gasteiger partial charge in [-0.1, -0.05) is 6.92 Å². The molecule has 0 fully saturated rings. The maximum absolute atomic E-state index is 12.4. The van der Waals surface area contributed by atoms with E-state index in [4.69, 9.17) is 54.1 Å². The lowest BCUT2D eigenvalue weighted by atomic mass is 9.91. The van der Waals surface area contributed by atoms with Crippen LogP contribution < -0.4 is 0 Å². The Kier molecular flexibility index (Phi) is 23.4. The van der Waals surface area contributed by atoms with Gasteiger partial charge in [0.1, 0.15) is 0 Å². The molecule has 0 aromatic heterocycles. The van der Waals surface area contributed by atoms with Crippen molar-refractivity contribution in [1.29, 1.82) is 0 Å². The molecule has 62 heavy (non-hydrogen) atoms. The summed E-state index contributed by atoms with van der Waals surface area (Å²) in [6.45, 7) is 60.4. The van der Waals surface area contributed by atoms with E-state index < -0.39 is 117 Å². The summed E-state index contributed by atoms with van der Waals surface area (Å²) in [4.78, 5) is 12.4. The van der Waals surface area contributed by atoms with E-state index in [1.54, 1.807) is 0 Å². The minimum Gasteiger partial charge on any atom is -0.465 e. The molecule has 0 amide bonds. The van der Waals surface area contributed by atoms with E-state index >= 15 is 0 Å². The summed E-state index contributed by atoms with van der Waals surface area (Å²) in [5.74, 6) is -0.147. The van der Waals surface area contributed by atoms with Gasteiger partial charge in [-0.05, 0) is 203 Å². The molecule has 14 nitrogen and oxygen atoms in total. The summed E-state index contributed by atoms with van der Waals surface area (Å²) in [6, 6.07) is 0.865. The molecule has 0 spiro atoms. The highest BCUT2D eigenvalue weighted by Gasteiger charge is 2.52. The van der Waals surface area contributed by atoms with Gasteiger partial charge in [-0.15, -0.1) is 0 Å². The van der Waals surface area contributed by atoms with Crippen LogP contribution in [0.25, 0.3) is 0 Å². The minimum atomic E-state index is -2.78. The third-order valence-corrected chi connectivity index (χ3v) is 57.1. The van der Waals surface area contributed by atoms with Crippen molar-refractivity contribution in [2.24, 2.45) is 5.41 Å². The Bertz CT molecular complexity index is 1420. The van der Waals surface area contributed by atoms with E-state index in [0.717, 1.165) is 18.9 Å². The van der Waals surface area contributed by atoms with Crippen LogP contribution in [0.1, 0.15) is 33.6 Å². The van der Waals surface area contributed by atoms with Crippen LogP contribution >= 0.6 is 0 Å². The molecule has 0 unspecified atom stereocenters. The van der Waals surface area contributed by atoms with Crippen LogP contribution in [-0.2, 0) is 58.9 Å². The molecule has 0 atom stereocenters. The maximum atomic E-state index is 12.4. The number of hydrogen-bond acceptors (Lipinski definition) is 14. The Hall–Kier alpha value is 1.81. The third kappa shape index (κ3) is 28.3. The van der Waals surface area contributed by atoms with Crippen molar-refractivity contribution in [1.82, 2.24) is 0 Å². The van der Waals surface area contributed by atoms with Crippen molar-refractivity contribution < 1.29 is 58.9 Å². The quantitative estimate of drug-likeness (QED) is 0.0383. The van der Waals surface area contributed by atoms with Gasteiger partial charge in [0.25, 0.3) is 0 Å². The van der Waals surface area contributed by atoms with Crippen LogP contribution in [0.2, 0.25) is 176 Å². The van der Waals surface area contributed by atoms with E-state index in [9.17, 15) is 4.79 Å². The molecule has 27 heteroatoms. The highest BCUT2D eigenvalue weighted by Crippen LogP contribution is 2.32. The molecule has 0 aromatic carbocycles. The number of carbonyl (C=O) groups excluding carboxylic acids is 1. The van der Waals surface area contributed by atoms with Gasteiger partial charge in [0.2, 0.25) is 0 Å². The van der Waals surface area contributed by atoms with Crippen molar-refractivity contribution in [2.45, 2.75) is 210 Å². The van der Waals surface area contributed by atoms with E-state index in [1.807, 2.05) is 20.8 Å². The van der Waals surface area contributed by atoms with Crippen LogP contribution in [-0.4, -0.2) is 124 Å².